The summed E-state index contributed by atoms with van der Waals surface area (Å²) < 4.78 is 4.88. The van der Waals surface area contributed by atoms with Gasteiger partial charge in [0.05, 0.1) is 23.3 Å². The molecular weight excluding hydrogens is 410 g/mol. The Morgan fingerprint density at radius 3 is 2.66 bits per heavy atom. The summed E-state index contributed by atoms with van der Waals surface area (Å²) in [6.07, 6.45) is 4.39. The van der Waals surface area contributed by atoms with Crippen LogP contribution < -0.4 is 9.80 Å². The van der Waals surface area contributed by atoms with Crippen LogP contribution in [-0.2, 0) is 4.74 Å². The number of fused-ring (bicyclic) bond motifs is 2. The minimum absolute atomic E-state index is 0.0920. The number of nitro groups is 1. The van der Waals surface area contributed by atoms with E-state index in [1.54, 1.807) is 36.2 Å². The molecule has 2 aromatic rings. The number of carbonyl (C=O) groups excluding carboxylic acids is 1. The van der Waals surface area contributed by atoms with E-state index in [4.69, 9.17) is 4.74 Å². The van der Waals surface area contributed by atoms with Crippen LogP contribution in [0.4, 0.5) is 23.0 Å². The van der Waals surface area contributed by atoms with Crippen molar-refractivity contribution >= 4 is 29.0 Å². The molecule has 0 N–H and O–H groups in total. The van der Waals surface area contributed by atoms with Crippen molar-refractivity contribution in [3.63, 3.8) is 0 Å². The Labute approximate surface area is 187 Å². The second-order valence-electron chi connectivity index (χ2n) is 10.0. The van der Waals surface area contributed by atoms with Gasteiger partial charge >= 0.3 is 11.7 Å². The second kappa shape index (κ2) is 7.72. The van der Waals surface area contributed by atoms with Gasteiger partial charge in [0.1, 0.15) is 6.33 Å². The normalized spacial score (nSPS) is 23.7. The van der Waals surface area contributed by atoms with Crippen molar-refractivity contribution < 1.29 is 14.5 Å². The third-order valence-corrected chi connectivity index (χ3v) is 6.64. The van der Waals surface area contributed by atoms with Gasteiger partial charge in [-0.3, -0.25) is 10.1 Å². The van der Waals surface area contributed by atoms with Crippen LogP contribution in [0.15, 0.2) is 30.6 Å². The molecule has 9 nitrogen and oxygen atoms in total. The molecule has 0 spiro atoms. The highest BCUT2D eigenvalue weighted by Crippen LogP contribution is 2.54. The topological polar surface area (TPSA) is 102 Å². The summed E-state index contributed by atoms with van der Waals surface area (Å²) in [5.74, 6) is -0.0380. The molecule has 2 bridgehead atoms. The largest absolute Gasteiger partial charge is 0.465 e. The molecule has 2 fully saturated rings. The maximum absolute atomic E-state index is 12.3. The van der Waals surface area contributed by atoms with Crippen LogP contribution in [0.25, 0.3) is 0 Å². The number of anilines is 3. The molecule has 1 aliphatic heterocycles. The molecule has 1 aliphatic carbocycles. The van der Waals surface area contributed by atoms with Gasteiger partial charge < -0.3 is 14.5 Å². The minimum Gasteiger partial charge on any atom is -0.465 e. The molecule has 2 heterocycles. The SMILES string of the molecule is COC(=O)c1ccccc1N(C)c1ncnc(N2CC3(C)CC2CC(C)(C)C3)c1[N+](=O)[O-]. The molecule has 1 aromatic heterocycles. The lowest BCUT2D eigenvalue weighted by Gasteiger charge is -2.39. The Morgan fingerprint density at radius 2 is 1.97 bits per heavy atom. The summed E-state index contributed by atoms with van der Waals surface area (Å²) in [6.45, 7) is 7.50. The van der Waals surface area contributed by atoms with Gasteiger partial charge in [-0.25, -0.2) is 14.8 Å². The maximum Gasteiger partial charge on any atom is 0.353 e. The van der Waals surface area contributed by atoms with Crippen molar-refractivity contribution in [2.45, 2.75) is 46.1 Å². The summed E-state index contributed by atoms with van der Waals surface area (Å²) in [6, 6.07) is 7.01. The highest BCUT2D eigenvalue weighted by Gasteiger charge is 2.51. The molecule has 1 saturated carbocycles. The van der Waals surface area contributed by atoms with E-state index in [0.29, 0.717) is 17.1 Å². The predicted molar refractivity (Wildman–Crippen MR) is 121 cm³/mol. The van der Waals surface area contributed by atoms with Gasteiger partial charge in [-0.05, 0) is 42.2 Å². The summed E-state index contributed by atoms with van der Waals surface area (Å²) in [7, 11) is 2.96. The zero-order chi connectivity index (χ0) is 23.3. The van der Waals surface area contributed by atoms with E-state index >= 15 is 0 Å². The number of nitrogens with zero attached hydrogens (tertiary/aromatic N) is 5. The number of carbonyl (C=O) groups is 1. The summed E-state index contributed by atoms with van der Waals surface area (Å²) in [4.78, 5) is 36.4. The monoisotopic (exact) mass is 439 g/mol. The molecule has 32 heavy (non-hydrogen) atoms. The maximum atomic E-state index is 12.3. The van der Waals surface area contributed by atoms with Crippen molar-refractivity contribution in [3.8, 4) is 0 Å². The van der Waals surface area contributed by atoms with E-state index < -0.39 is 10.9 Å². The lowest BCUT2D eigenvalue weighted by molar-refractivity contribution is -0.383. The van der Waals surface area contributed by atoms with E-state index in [-0.39, 0.29) is 28.4 Å². The van der Waals surface area contributed by atoms with Crippen molar-refractivity contribution in [3.05, 3.63) is 46.3 Å². The smallest absolute Gasteiger partial charge is 0.353 e. The van der Waals surface area contributed by atoms with Crippen molar-refractivity contribution in [2.75, 3.05) is 30.5 Å². The summed E-state index contributed by atoms with van der Waals surface area (Å²) in [5.41, 5.74) is 0.893. The van der Waals surface area contributed by atoms with E-state index in [1.807, 2.05) is 0 Å². The Bertz CT molecular complexity index is 1070. The van der Waals surface area contributed by atoms with E-state index in [0.717, 1.165) is 25.8 Å². The van der Waals surface area contributed by atoms with Crippen molar-refractivity contribution in [1.82, 2.24) is 9.97 Å². The van der Waals surface area contributed by atoms with Gasteiger partial charge in [-0.2, -0.15) is 0 Å². The molecule has 1 aromatic carbocycles. The lowest BCUT2D eigenvalue weighted by Crippen LogP contribution is -2.35. The number of hydrogen-bond acceptors (Lipinski definition) is 8. The molecule has 2 aliphatic rings. The first-order valence-corrected chi connectivity index (χ1v) is 10.7. The lowest BCUT2D eigenvalue weighted by atomic mass is 9.65. The Morgan fingerprint density at radius 1 is 1.25 bits per heavy atom. The van der Waals surface area contributed by atoms with Crippen molar-refractivity contribution in [1.29, 1.82) is 0 Å². The molecule has 1 saturated heterocycles. The number of hydrogen-bond donors (Lipinski definition) is 0. The first-order chi connectivity index (χ1) is 15.1. The summed E-state index contributed by atoms with van der Waals surface area (Å²) >= 11 is 0. The van der Waals surface area contributed by atoms with E-state index in [2.05, 4.69) is 35.6 Å². The number of para-hydroxylation sites is 1. The number of ether oxygens (including phenoxy) is 1. The molecule has 9 heteroatoms. The fourth-order valence-electron chi connectivity index (χ4n) is 5.85. The molecular formula is C23H29N5O4. The van der Waals surface area contributed by atoms with Gasteiger partial charge in [0.15, 0.2) is 0 Å². The minimum atomic E-state index is -0.520. The van der Waals surface area contributed by atoms with Gasteiger partial charge in [0, 0.05) is 19.6 Å². The first-order valence-electron chi connectivity index (χ1n) is 10.7. The van der Waals surface area contributed by atoms with E-state index in [9.17, 15) is 14.9 Å². The number of esters is 1. The van der Waals surface area contributed by atoms with Crippen LogP contribution in [0, 0.1) is 20.9 Å². The van der Waals surface area contributed by atoms with Crippen molar-refractivity contribution in [2.24, 2.45) is 10.8 Å². The number of aromatic nitrogens is 2. The van der Waals surface area contributed by atoms with Crippen LogP contribution in [-0.4, -0.2) is 47.6 Å². The third-order valence-electron chi connectivity index (χ3n) is 6.64. The third kappa shape index (κ3) is 3.76. The first kappa shape index (κ1) is 22.0. The molecule has 0 amide bonds. The predicted octanol–water partition coefficient (Wildman–Crippen LogP) is 4.34. The zero-order valence-electron chi connectivity index (χ0n) is 19.2. The molecule has 0 radical (unpaired) electrons. The van der Waals surface area contributed by atoms with E-state index in [1.165, 1.54) is 13.4 Å². The van der Waals surface area contributed by atoms with Crippen LogP contribution in [0.5, 0.6) is 0 Å². The fraction of sp³-hybridized carbons (Fsp3) is 0.522. The standard InChI is InChI=1S/C23H29N5O4/c1-22(2)10-15-11-23(3,12-22)13-27(15)20-18(28(30)31)19(24-14-25-20)26(4)17-9-7-6-8-16(17)21(29)32-5/h6-9,14-15H,10-13H2,1-5H3. The molecule has 170 valence electrons. The van der Waals surface area contributed by atoms with Gasteiger partial charge in [-0.15, -0.1) is 0 Å². The highest BCUT2D eigenvalue weighted by atomic mass is 16.6. The molecule has 2 atom stereocenters. The molecule has 2 unspecified atom stereocenters. The summed E-state index contributed by atoms with van der Waals surface area (Å²) in [5, 5.41) is 12.3. The zero-order valence-corrected chi connectivity index (χ0v) is 19.2. The average molecular weight is 440 g/mol. The van der Waals surface area contributed by atoms with Crippen LogP contribution in [0.3, 0.4) is 0 Å². The van der Waals surface area contributed by atoms with Gasteiger partial charge in [-0.1, -0.05) is 32.9 Å². The van der Waals surface area contributed by atoms with Crippen LogP contribution in [0.1, 0.15) is 50.4 Å². The highest BCUT2D eigenvalue weighted by molar-refractivity contribution is 5.97. The molecule has 4 rings (SSSR count). The fourth-order valence-corrected chi connectivity index (χ4v) is 5.85. The number of methoxy groups -OCH3 is 1. The quantitative estimate of drug-likeness (QED) is 0.385. The van der Waals surface area contributed by atoms with Gasteiger partial charge in [0.2, 0.25) is 11.6 Å². The average Bonchev–Trinajstić information content (AvgIpc) is 3.00. The Hall–Kier alpha value is -3.23. The Kier molecular flexibility index (Phi) is 5.30. The second-order valence-corrected chi connectivity index (χ2v) is 10.0. The number of benzene rings is 1. The van der Waals surface area contributed by atoms with Crippen LogP contribution >= 0.6 is 0 Å². The van der Waals surface area contributed by atoms with Gasteiger partial charge in [0.25, 0.3) is 0 Å². The Balaban J connectivity index is 1.80. The van der Waals surface area contributed by atoms with Crippen LogP contribution in [0.2, 0.25) is 0 Å². The number of rotatable bonds is 5.